The Morgan fingerprint density at radius 3 is 1.79 bits per heavy atom. The molecule has 6 aromatic rings. The zero-order valence-electron chi connectivity index (χ0n) is 26.1. The van der Waals surface area contributed by atoms with Crippen LogP contribution in [0.15, 0.2) is 140 Å². The summed E-state index contributed by atoms with van der Waals surface area (Å²) in [5, 5.41) is 4.39. The number of fused-ring (bicyclic) bond motifs is 1. The molecule has 1 fully saturated rings. The molecule has 8 heteroatoms. The molecule has 0 amide bonds. The third kappa shape index (κ3) is 7.59. The molecule has 2 aromatic heterocycles. The lowest BCUT2D eigenvalue weighted by atomic mass is 10.1. The van der Waals surface area contributed by atoms with Crippen molar-refractivity contribution in [1.29, 1.82) is 0 Å². The van der Waals surface area contributed by atoms with Gasteiger partial charge in [-0.25, -0.2) is 9.97 Å². The summed E-state index contributed by atoms with van der Waals surface area (Å²) in [6.07, 6.45) is 1.83. The van der Waals surface area contributed by atoms with Gasteiger partial charge in [0, 0.05) is 12.7 Å². The lowest BCUT2D eigenvalue weighted by Gasteiger charge is -2.26. The highest BCUT2D eigenvalue weighted by Crippen LogP contribution is 2.38. The Bertz CT molecular complexity index is 1820. The molecule has 1 N–H and O–H groups in total. The summed E-state index contributed by atoms with van der Waals surface area (Å²) in [6, 6.07) is 42.8. The van der Waals surface area contributed by atoms with E-state index in [0.717, 1.165) is 33.5 Å². The Hall–Kier alpha value is -4.86. The van der Waals surface area contributed by atoms with E-state index in [-0.39, 0.29) is 6.10 Å². The van der Waals surface area contributed by atoms with Crippen molar-refractivity contribution in [2.45, 2.75) is 50.9 Å². The molecule has 0 saturated carbocycles. The van der Waals surface area contributed by atoms with Crippen molar-refractivity contribution in [3.8, 4) is 0 Å². The molecule has 1 saturated heterocycles. The maximum Gasteiger partial charge on any atom is 0.164 e. The molecule has 47 heavy (non-hydrogen) atoms. The second kappa shape index (κ2) is 15.2. The van der Waals surface area contributed by atoms with Crippen LogP contribution in [-0.4, -0.2) is 39.5 Å². The number of hydrogen-bond acceptors (Lipinski definition) is 7. The predicted molar refractivity (Wildman–Crippen MR) is 181 cm³/mol. The summed E-state index contributed by atoms with van der Waals surface area (Å²) in [5.74, 6) is 0.761. The first-order valence-corrected chi connectivity index (χ1v) is 16.0. The summed E-state index contributed by atoms with van der Waals surface area (Å²) >= 11 is 0. The van der Waals surface area contributed by atoms with Crippen LogP contribution in [0.1, 0.15) is 28.5 Å². The average Bonchev–Trinajstić information content (AvgIpc) is 3.72. The van der Waals surface area contributed by atoms with Crippen LogP contribution >= 0.6 is 0 Å². The molecular formula is C39H38N4O4. The Kier molecular flexibility index (Phi) is 9.92. The standard InChI is InChI=1S/C39H38N4O4/c1-5-13-29(14-6-1)23-40-37-33-21-22-43(38(33)42-28-41-37)39-36(46-26-32-19-11-4-12-20-32)35(45-25-31-17-9-3-10-18-31)34(47-39)27-44-24-30-15-7-2-8-16-30/h1-22,28,34-36,39H,23-27H2,(H,40,41,42)/t34-,35-,36+,39-/m1/s1. The van der Waals surface area contributed by atoms with Gasteiger partial charge in [0.05, 0.1) is 31.8 Å². The van der Waals surface area contributed by atoms with Gasteiger partial charge in [0.25, 0.3) is 0 Å². The van der Waals surface area contributed by atoms with Gasteiger partial charge in [0.15, 0.2) is 6.23 Å². The van der Waals surface area contributed by atoms with E-state index in [1.807, 2.05) is 89.6 Å². The zero-order valence-corrected chi connectivity index (χ0v) is 26.1. The van der Waals surface area contributed by atoms with Crippen LogP contribution in [0.25, 0.3) is 11.0 Å². The van der Waals surface area contributed by atoms with E-state index in [4.69, 9.17) is 23.9 Å². The SMILES string of the molecule is c1ccc(CNc2ncnc3c2ccn3[C@@H]2O[C@H](COCc3ccccc3)[C@@H](OCc3ccccc3)[C@@H]2OCc2ccccc2)cc1. The van der Waals surface area contributed by atoms with Crippen LogP contribution in [0.5, 0.6) is 0 Å². The first-order chi connectivity index (χ1) is 23.3. The Balaban J connectivity index is 1.18. The molecule has 1 aliphatic heterocycles. The van der Waals surface area contributed by atoms with Crippen molar-refractivity contribution >= 4 is 16.9 Å². The fourth-order valence-electron chi connectivity index (χ4n) is 5.94. The molecule has 0 aliphatic carbocycles. The van der Waals surface area contributed by atoms with Gasteiger partial charge >= 0.3 is 0 Å². The molecule has 8 nitrogen and oxygen atoms in total. The third-order valence-electron chi connectivity index (χ3n) is 8.34. The first-order valence-electron chi connectivity index (χ1n) is 16.0. The zero-order chi connectivity index (χ0) is 31.7. The van der Waals surface area contributed by atoms with Crippen LogP contribution in [0.2, 0.25) is 0 Å². The van der Waals surface area contributed by atoms with Crippen LogP contribution in [0.4, 0.5) is 5.82 Å². The molecule has 3 heterocycles. The minimum Gasteiger partial charge on any atom is -0.374 e. The van der Waals surface area contributed by atoms with Gasteiger partial charge in [-0.3, -0.25) is 0 Å². The topological polar surface area (TPSA) is 79.7 Å². The van der Waals surface area contributed by atoms with E-state index in [9.17, 15) is 0 Å². The fraction of sp³-hybridized carbons (Fsp3) is 0.231. The highest BCUT2D eigenvalue weighted by molar-refractivity contribution is 5.87. The van der Waals surface area contributed by atoms with Gasteiger partial charge in [-0.15, -0.1) is 0 Å². The molecule has 0 spiro atoms. The number of rotatable bonds is 14. The molecule has 238 valence electrons. The lowest BCUT2D eigenvalue weighted by molar-refractivity contribution is -0.0913. The van der Waals surface area contributed by atoms with Gasteiger partial charge in [0.2, 0.25) is 0 Å². The van der Waals surface area contributed by atoms with Crippen LogP contribution in [0, 0.1) is 0 Å². The van der Waals surface area contributed by atoms with E-state index in [2.05, 4.69) is 58.8 Å². The average molecular weight is 627 g/mol. The van der Waals surface area contributed by atoms with Crippen molar-refractivity contribution in [2.75, 3.05) is 11.9 Å². The summed E-state index contributed by atoms with van der Waals surface area (Å²) < 4.78 is 28.5. The van der Waals surface area contributed by atoms with E-state index < -0.39 is 18.4 Å². The van der Waals surface area contributed by atoms with Crippen LogP contribution in [-0.2, 0) is 45.3 Å². The molecule has 4 aromatic carbocycles. The first kappa shape index (κ1) is 30.8. The van der Waals surface area contributed by atoms with Crippen molar-refractivity contribution in [2.24, 2.45) is 0 Å². The summed E-state index contributed by atoms with van der Waals surface area (Å²) in [4.78, 5) is 9.27. The molecule has 0 radical (unpaired) electrons. The highest BCUT2D eigenvalue weighted by Gasteiger charge is 2.48. The molecule has 4 atom stereocenters. The van der Waals surface area contributed by atoms with E-state index in [1.54, 1.807) is 6.33 Å². The Labute approximate surface area is 274 Å². The van der Waals surface area contributed by atoms with Gasteiger partial charge in [-0.05, 0) is 28.3 Å². The van der Waals surface area contributed by atoms with Crippen molar-refractivity contribution in [3.63, 3.8) is 0 Å². The lowest BCUT2D eigenvalue weighted by Crippen LogP contribution is -2.38. The predicted octanol–water partition coefficient (Wildman–Crippen LogP) is 7.33. The van der Waals surface area contributed by atoms with Gasteiger partial charge < -0.3 is 28.8 Å². The fourth-order valence-corrected chi connectivity index (χ4v) is 5.94. The Morgan fingerprint density at radius 2 is 1.17 bits per heavy atom. The number of hydrogen-bond donors (Lipinski definition) is 1. The monoisotopic (exact) mass is 626 g/mol. The van der Waals surface area contributed by atoms with Crippen molar-refractivity contribution < 1.29 is 18.9 Å². The number of anilines is 1. The number of nitrogens with one attached hydrogen (secondary N) is 1. The molecular weight excluding hydrogens is 588 g/mol. The molecule has 0 bridgehead atoms. The van der Waals surface area contributed by atoms with Gasteiger partial charge in [0.1, 0.15) is 36.1 Å². The highest BCUT2D eigenvalue weighted by atomic mass is 16.6. The van der Waals surface area contributed by atoms with Crippen LogP contribution in [0.3, 0.4) is 0 Å². The van der Waals surface area contributed by atoms with Crippen LogP contribution < -0.4 is 5.32 Å². The summed E-state index contributed by atoms with van der Waals surface area (Å²) in [7, 11) is 0. The van der Waals surface area contributed by atoms with Gasteiger partial charge in [-0.2, -0.15) is 0 Å². The maximum atomic E-state index is 6.83. The van der Waals surface area contributed by atoms with E-state index in [0.29, 0.717) is 33.0 Å². The van der Waals surface area contributed by atoms with E-state index in [1.165, 1.54) is 5.56 Å². The second-order valence-electron chi connectivity index (χ2n) is 11.6. The Morgan fingerprint density at radius 1 is 0.617 bits per heavy atom. The third-order valence-corrected chi connectivity index (χ3v) is 8.34. The summed E-state index contributed by atoms with van der Waals surface area (Å²) in [5.41, 5.74) is 5.17. The number of aromatic nitrogens is 3. The largest absolute Gasteiger partial charge is 0.374 e. The van der Waals surface area contributed by atoms with Crippen molar-refractivity contribution in [3.05, 3.63) is 162 Å². The van der Waals surface area contributed by atoms with E-state index >= 15 is 0 Å². The molecule has 0 unspecified atom stereocenters. The minimum atomic E-state index is -0.515. The molecule has 7 rings (SSSR count). The van der Waals surface area contributed by atoms with Crippen molar-refractivity contribution in [1.82, 2.24) is 14.5 Å². The normalized spacial score (nSPS) is 19.2. The summed E-state index contributed by atoms with van der Waals surface area (Å²) in [6.45, 7) is 2.30. The van der Waals surface area contributed by atoms with Gasteiger partial charge in [-0.1, -0.05) is 121 Å². The number of ether oxygens (including phenoxy) is 4. The molecule has 1 aliphatic rings. The maximum absolute atomic E-state index is 6.83. The number of nitrogens with zero attached hydrogens (tertiary/aromatic N) is 3. The quantitative estimate of drug-likeness (QED) is 0.136. The minimum absolute atomic E-state index is 0.341. The second-order valence-corrected chi connectivity index (χ2v) is 11.6. The smallest absolute Gasteiger partial charge is 0.164 e. The number of benzene rings is 4.